The van der Waals surface area contributed by atoms with E-state index >= 15 is 0 Å². The molecule has 1 saturated heterocycles. The molecule has 2 aliphatic rings. The molecule has 3 rings (SSSR count). The Bertz CT molecular complexity index is 500. The van der Waals surface area contributed by atoms with Gasteiger partial charge in [0, 0.05) is 31.9 Å². The van der Waals surface area contributed by atoms with Gasteiger partial charge < -0.3 is 16.0 Å². The Balaban J connectivity index is 1.73. The van der Waals surface area contributed by atoms with Gasteiger partial charge in [0.1, 0.15) is 5.82 Å². The molecule has 1 saturated carbocycles. The van der Waals surface area contributed by atoms with Crippen LogP contribution in [0, 0.1) is 22.6 Å². The number of hydrogen-bond donors (Lipinski definition) is 3. The largest absolute Gasteiger partial charge is 0.385 e. The van der Waals surface area contributed by atoms with Crippen molar-refractivity contribution in [2.45, 2.75) is 19.3 Å². The van der Waals surface area contributed by atoms with Crippen LogP contribution in [0.15, 0.2) is 12.1 Å². The molecule has 3 nitrogen and oxygen atoms in total. The second kappa shape index (κ2) is 4.60. The maximum absolute atomic E-state index is 14.4. The third-order valence-electron chi connectivity index (χ3n) is 4.61. The zero-order valence-corrected chi connectivity index (χ0v) is 11.2. The van der Waals surface area contributed by atoms with Crippen molar-refractivity contribution >= 4 is 11.9 Å². The zero-order chi connectivity index (χ0) is 13.5. The summed E-state index contributed by atoms with van der Waals surface area (Å²) in [4.78, 5) is 0. The molecule has 0 aromatic heterocycles. The number of anilines is 1. The molecular weight excluding hydrogens is 241 g/mol. The summed E-state index contributed by atoms with van der Waals surface area (Å²) in [6.45, 7) is 2.28. The van der Waals surface area contributed by atoms with Crippen molar-refractivity contribution in [3.63, 3.8) is 0 Å². The molecule has 1 aromatic rings. The summed E-state index contributed by atoms with van der Waals surface area (Å²) in [6.07, 6.45) is 4.46. The predicted molar refractivity (Wildman–Crippen MR) is 75.6 cm³/mol. The van der Waals surface area contributed by atoms with Crippen LogP contribution < -0.4 is 10.6 Å². The smallest absolute Gasteiger partial charge is 0.150 e. The zero-order valence-electron chi connectivity index (χ0n) is 11.2. The fraction of sp³-hybridized carbons (Fsp3) is 0.533. The molecule has 19 heavy (non-hydrogen) atoms. The van der Waals surface area contributed by atoms with Crippen LogP contribution in [0.25, 0.3) is 0 Å². The first kappa shape index (κ1) is 12.6. The molecule has 102 valence electrons. The van der Waals surface area contributed by atoms with Gasteiger partial charge in [0.15, 0.2) is 0 Å². The van der Waals surface area contributed by atoms with Crippen molar-refractivity contribution in [3.8, 4) is 0 Å². The van der Waals surface area contributed by atoms with E-state index in [2.05, 4.69) is 10.6 Å². The summed E-state index contributed by atoms with van der Waals surface area (Å²) >= 11 is 0. The quantitative estimate of drug-likeness (QED) is 0.729. The van der Waals surface area contributed by atoms with Gasteiger partial charge in [-0.2, -0.15) is 0 Å². The van der Waals surface area contributed by atoms with E-state index in [4.69, 9.17) is 5.41 Å². The minimum absolute atomic E-state index is 0.184. The minimum Gasteiger partial charge on any atom is -0.385 e. The van der Waals surface area contributed by atoms with Gasteiger partial charge in [-0.25, -0.2) is 4.39 Å². The van der Waals surface area contributed by atoms with Gasteiger partial charge in [-0.3, -0.25) is 0 Å². The van der Waals surface area contributed by atoms with Crippen LogP contribution in [0.5, 0.6) is 0 Å². The van der Waals surface area contributed by atoms with Crippen LogP contribution in [0.2, 0.25) is 0 Å². The molecule has 0 bridgehead atoms. The lowest BCUT2D eigenvalue weighted by Crippen LogP contribution is -2.60. The molecule has 0 amide bonds. The first-order valence-corrected chi connectivity index (χ1v) is 6.88. The average Bonchev–Trinajstić information content (AvgIpc) is 2.32. The van der Waals surface area contributed by atoms with Crippen molar-refractivity contribution in [3.05, 3.63) is 29.1 Å². The first-order chi connectivity index (χ1) is 9.17. The van der Waals surface area contributed by atoms with Crippen LogP contribution in [-0.2, 0) is 6.42 Å². The highest BCUT2D eigenvalue weighted by Crippen LogP contribution is 2.49. The highest BCUT2D eigenvalue weighted by atomic mass is 19.1. The van der Waals surface area contributed by atoms with E-state index < -0.39 is 0 Å². The van der Waals surface area contributed by atoms with Crippen LogP contribution in [0.4, 0.5) is 10.1 Å². The highest BCUT2D eigenvalue weighted by molar-refractivity contribution is 5.86. The number of rotatable bonds is 4. The Labute approximate surface area is 113 Å². The number of halogens is 1. The van der Waals surface area contributed by atoms with E-state index in [0.29, 0.717) is 22.6 Å². The van der Waals surface area contributed by atoms with Gasteiger partial charge >= 0.3 is 0 Å². The molecule has 3 N–H and O–H groups in total. The summed E-state index contributed by atoms with van der Waals surface area (Å²) < 4.78 is 14.4. The average molecular weight is 261 g/mol. The van der Waals surface area contributed by atoms with E-state index in [1.54, 1.807) is 7.05 Å². The lowest BCUT2D eigenvalue weighted by molar-refractivity contribution is 0.000574. The van der Waals surface area contributed by atoms with Crippen molar-refractivity contribution in [1.82, 2.24) is 5.32 Å². The molecule has 4 heteroatoms. The van der Waals surface area contributed by atoms with Crippen LogP contribution in [0.1, 0.15) is 24.0 Å². The SMILES string of the molecule is CNc1c(C=N)ccc(CC2CC3(CNC3)C2)c1F. The first-order valence-electron chi connectivity index (χ1n) is 6.88. The van der Waals surface area contributed by atoms with Gasteiger partial charge in [-0.1, -0.05) is 12.1 Å². The molecule has 1 spiro atoms. The number of benzene rings is 1. The highest BCUT2D eigenvalue weighted by Gasteiger charge is 2.48. The van der Waals surface area contributed by atoms with Crippen molar-refractivity contribution in [1.29, 1.82) is 5.41 Å². The summed E-state index contributed by atoms with van der Waals surface area (Å²) in [6, 6.07) is 3.66. The summed E-state index contributed by atoms with van der Waals surface area (Å²) in [5, 5.41) is 13.5. The van der Waals surface area contributed by atoms with E-state index in [1.165, 1.54) is 19.1 Å². The lowest BCUT2D eigenvalue weighted by atomic mass is 9.57. The monoisotopic (exact) mass is 261 g/mol. The molecule has 0 atom stereocenters. The standard InChI is InChI=1S/C15H20FN3/c1-18-14-12(7-17)3-2-11(13(14)16)4-10-5-15(6-10)8-19-9-15/h2-3,7,10,17-19H,4-6,8-9H2,1H3. The Morgan fingerprint density at radius 1 is 1.47 bits per heavy atom. The van der Waals surface area contributed by atoms with E-state index in [-0.39, 0.29) is 5.82 Å². The second-order valence-corrected chi connectivity index (χ2v) is 5.98. The summed E-state index contributed by atoms with van der Waals surface area (Å²) in [5.41, 5.74) is 2.38. The molecule has 1 aliphatic heterocycles. The van der Waals surface area contributed by atoms with Gasteiger partial charge in [0.05, 0.1) is 5.69 Å². The molecule has 0 radical (unpaired) electrons. The molecule has 0 unspecified atom stereocenters. The number of nitrogens with one attached hydrogen (secondary N) is 3. The summed E-state index contributed by atoms with van der Waals surface area (Å²) in [5.74, 6) is 0.434. The molecular formula is C15H20FN3. The van der Waals surface area contributed by atoms with Crippen molar-refractivity contribution < 1.29 is 4.39 Å². The third-order valence-corrected chi connectivity index (χ3v) is 4.61. The van der Waals surface area contributed by atoms with Crippen LogP contribution in [0.3, 0.4) is 0 Å². The number of hydrogen-bond acceptors (Lipinski definition) is 3. The molecule has 1 aromatic carbocycles. The topological polar surface area (TPSA) is 47.9 Å². The van der Waals surface area contributed by atoms with E-state index in [1.807, 2.05) is 12.1 Å². The Hall–Kier alpha value is -1.42. The van der Waals surface area contributed by atoms with Crippen molar-refractivity contribution in [2.24, 2.45) is 11.3 Å². The Morgan fingerprint density at radius 2 is 2.21 bits per heavy atom. The molecule has 1 heterocycles. The Kier molecular flexibility index (Phi) is 3.05. The fourth-order valence-corrected chi connectivity index (χ4v) is 3.55. The maximum Gasteiger partial charge on any atom is 0.150 e. The molecule has 2 fully saturated rings. The van der Waals surface area contributed by atoms with E-state index in [9.17, 15) is 4.39 Å². The third kappa shape index (κ3) is 2.04. The summed E-state index contributed by atoms with van der Waals surface area (Å²) in [7, 11) is 1.70. The van der Waals surface area contributed by atoms with Crippen LogP contribution >= 0.6 is 0 Å². The maximum atomic E-state index is 14.4. The predicted octanol–water partition coefficient (Wildman–Crippen LogP) is 2.41. The van der Waals surface area contributed by atoms with Crippen molar-refractivity contribution in [2.75, 3.05) is 25.5 Å². The lowest BCUT2D eigenvalue weighted by Gasteiger charge is -2.54. The van der Waals surface area contributed by atoms with Gasteiger partial charge in [0.25, 0.3) is 0 Å². The van der Waals surface area contributed by atoms with Gasteiger partial charge in [-0.15, -0.1) is 0 Å². The van der Waals surface area contributed by atoms with E-state index in [0.717, 1.165) is 25.1 Å². The fourth-order valence-electron chi connectivity index (χ4n) is 3.55. The van der Waals surface area contributed by atoms with Crippen LogP contribution in [-0.4, -0.2) is 26.4 Å². The van der Waals surface area contributed by atoms with Gasteiger partial charge in [0.2, 0.25) is 0 Å². The molecule has 1 aliphatic carbocycles. The normalized spacial score (nSPS) is 20.7. The van der Waals surface area contributed by atoms with Gasteiger partial charge in [-0.05, 0) is 36.2 Å². The second-order valence-electron chi connectivity index (χ2n) is 5.98. The Morgan fingerprint density at radius 3 is 2.74 bits per heavy atom. The minimum atomic E-state index is -0.184.